The van der Waals surface area contributed by atoms with Crippen molar-refractivity contribution in [2.24, 2.45) is 0 Å². The second kappa shape index (κ2) is 19.8. The summed E-state index contributed by atoms with van der Waals surface area (Å²) in [7, 11) is -3.89. The van der Waals surface area contributed by atoms with Crippen molar-refractivity contribution < 1.29 is 18.1 Å². The van der Waals surface area contributed by atoms with E-state index >= 15 is 0 Å². The van der Waals surface area contributed by atoms with Crippen molar-refractivity contribution in [2.45, 2.75) is 154 Å². The minimum absolute atomic E-state index is 0.155. The predicted molar refractivity (Wildman–Crippen MR) is 125 cm³/mol. The number of rotatable bonds is 22. The highest BCUT2D eigenvalue weighted by atomic mass is 32.2. The Hall–Kier alpha value is -0.130. The zero-order chi connectivity index (χ0) is 21.8. The van der Waals surface area contributed by atoms with Gasteiger partial charge in [0.15, 0.2) is 0 Å². The average Bonchev–Trinajstić information content (AvgIpc) is 2.67. The molecule has 0 amide bonds. The van der Waals surface area contributed by atoms with E-state index in [9.17, 15) is 18.1 Å². The van der Waals surface area contributed by atoms with Crippen LogP contribution in [0.3, 0.4) is 0 Å². The van der Waals surface area contributed by atoms with Crippen molar-refractivity contribution in [3.63, 3.8) is 0 Å². The topological polar surface area (TPSA) is 74.6 Å². The smallest absolute Gasteiger partial charge is 0.267 e. The van der Waals surface area contributed by atoms with Crippen molar-refractivity contribution in [2.75, 3.05) is 0 Å². The van der Waals surface area contributed by atoms with Crippen LogP contribution < -0.4 is 0 Å². The molecule has 2 unspecified atom stereocenters. The van der Waals surface area contributed by atoms with E-state index in [1.54, 1.807) is 0 Å². The zero-order valence-electron chi connectivity index (χ0n) is 19.4. The maximum atomic E-state index is 11.3. The van der Waals surface area contributed by atoms with Crippen LogP contribution in [0.5, 0.6) is 0 Å². The number of hydrogen-bond acceptors (Lipinski definition) is 3. The number of unbranched alkanes of at least 4 members (excludes halogenated alkanes) is 13. The van der Waals surface area contributed by atoms with Crippen LogP contribution >= 0.6 is 0 Å². The van der Waals surface area contributed by atoms with Crippen LogP contribution in [0.25, 0.3) is 0 Å². The van der Waals surface area contributed by atoms with E-state index in [1.165, 1.54) is 57.8 Å². The van der Waals surface area contributed by atoms with Crippen LogP contribution in [0.2, 0.25) is 0 Å². The largest absolute Gasteiger partial charge is 0.393 e. The van der Waals surface area contributed by atoms with E-state index in [1.807, 2.05) is 6.92 Å². The molecule has 0 spiro atoms. The Kier molecular flexibility index (Phi) is 19.7. The fraction of sp³-hybridized carbons (Fsp3) is 1.00. The third-order valence-corrected chi connectivity index (χ3v) is 7.30. The molecule has 2 N–H and O–H groups in total. The Bertz CT molecular complexity index is 436. The summed E-state index contributed by atoms with van der Waals surface area (Å²) in [4.78, 5) is 0. The quantitative estimate of drug-likeness (QED) is 0.137. The molecule has 0 saturated heterocycles. The fourth-order valence-electron chi connectivity index (χ4n) is 4.06. The highest BCUT2D eigenvalue weighted by Crippen LogP contribution is 2.18. The van der Waals surface area contributed by atoms with Gasteiger partial charge in [0.2, 0.25) is 0 Å². The molecule has 0 aliphatic heterocycles. The lowest BCUT2D eigenvalue weighted by atomic mass is 10.0. The molecule has 4 nitrogen and oxygen atoms in total. The molecule has 0 aromatic carbocycles. The predicted octanol–water partition coefficient (Wildman–Crippen LogP) is 7.45. The summed E-state index contributed by atoms with van der Waals surface area (Å²) in [5, 5.41) is 9.51. The second-order valence-electron chi connectivity index (χ2n) is 8.90. The van der Waals surface area contributed by atoms with E-state index in [0.29, 0.717) is 12.8 Å². The molecule has 2 atom stereocenters. The monoisotopic (exact) mass is 434 g/mol. The third-order valence-electron chi connectivity index (χ3n) is 5.99. The van der Waals surface area contributed by atoms with Crippen LogP contribution in [-0.2, 0) is 10.1 Å². The lowest BCUT2D eigenvalue weighted by Crippen LogP contribution is -2.20. The average molecular weight is 435 g/mol. The van der Waals surface area contributed by atoms with Gasteiger partial charge in [0.1, 0.15) is 0 Å². The van der Waals surface area contributed by atoms with E-state index in [-0.39, 0.29) is 6.10 Å². The summed E-state index contributed by atoms with van der Waals surface area (Å²) in [6.45, 7) is 4.20. The summed E-state index contributed by atoms with van der Waals surface area (Å²) in [5.41, 5.74) is 0. The van der Waals surface area contributed by atoms with Crippen molar-refractivity contribution in [3.05, 3.63) is 0 Å². The number of aliphatic hydroxyl groups excluding tert-OH is 1. The first kappa shape index (κ1) is 28.9. The Labute approximate surface area is 182 Å². The van der Waals surface area contributed by atoms with Crippen LogP contribution in [0.1, 0.15) is 142 Å². The van der Waals surface area contributed by atoms with Crippen LogP contribution in [0.15, 0.2) is 0 Å². The van der Waals surface area contributed by atoms with Crippen molar-refractivity contribution in [3.8, 4) is 0 Å². The molecule has 0 bridgehead atoms. The lowest BCUT2D eigenvalue weighted by Gasteiger charge is -2.13. The van der Waals surface area contributed by atoms with Gasteiger partial charge in [0.25, 0.3) is 10.1 Å². The third kappa shape index (κ3) is 19.6. The molecule has 5 heteroatoms. The Morgan fingerprint density at radius 2 is 0.931 bits per heavy atom. The molecule has 0 saturated carbocycles. The standard InChI is InChI=1S/C24H50O4S/c1-3-5-6-7-8-9-10-11-13-16-20-23(25)21-17-14-12-15-18-22-24(19-4-2)29(26,27)28/h23-25H,3-22H2,1-2H3,(H,26,27,28). The van der Waals surface area contributed by atoms with E-state index in [0.717, 1.165) is 57.8 Å². The Morgan fingerprint density at radius 3 is 1.31 bits per heavy atom. The summed E-state index contributed by atoms with van der Waals surface area (Å²) < 4.78 is 31.8. The molecule has 0 radical (unpaired) electrons. The zero-order valence-corrected chi connectivity index (χ0v) is 20.2. The highest BCUT2D eigenvalue weighted by Gasteiger charge is 2.21. The van der Waals surface area contributed by atoms with Gasteiger partial charge in [0, 0.05) is 0 Å². The van der Waals surface area contributed by atoms with E-state index in [2.05, 4.69) is 6.92 Å². The second-order valence-corrected chi connectivity index (χ2v) is 10.6. The molecule has 0 fully saturated rings. The summed E-state index contributed by atoms with van der Waals surface area (Å²) in [5.74, 6) is 0. The van der Waals surface area contributed by atoms with Gasteiger partial charge in [-0.05, 0) is 25.7 Å². The van der Waals surface area contributed by atoms with Crippen molar-refractivity contribution in [1.82, 2.24) is 0 Å². The first-order chi connectivity index (χ1) is 13.9. The number of hydrogen-bond donors (Lipinski definition) is 2. The van der Waals surface area contributed by atoms with Gasteiger partial charge in [-0.15, -0.1) is 0 Å². The van der Waals surface area contributed by atoms with Crippen molar-refractivity contribution >= 4 is 10.1 Å². The lowest BCUT2D eigenvalue weighted by molar-refractivity contribution is 0.147. The van der Waals surface area contributed by atoms with Crippen LogP contribution in [0, 0.1) is 0 Å². The van der Waals surface area contributed by atoms with Crippen LogP contribution in [0.4, 0.5) is 0 Å². The molecule has 0 aromatic rings. The van der Waals surface area contributed by atoms with Gasteiger partial charge in [-0.1, -0.05) is 117 Å². The highest BCUT2D eigenvalue weighted by molar-refractivity contribution is 7.86. The Balaban J connectivity index is 3.42. The summed E-state index contributed by atoms with van der Waals surface area (Å²) >= 11 is 0. The molecule has 0 heterocycles. The fourth-order valence-corrected chi connectivity index (χ4v) is 5.06. The molecular formula is C24H50O4S. The van der Waals surface area contributed by atoms with Crippen LogP contribution in [-0.4, -0.2) is 29.4 Å². The molecule has 0 rings (SSSR count). The molecule has 0 aliphatic rings. The molecule has 29 heavy (non-hydrogen) atoms. The Morgan fingerprint density at radius 1 is 0.552 bits per heavy atom. The maximum Gasteiger partial charge on any atom is 0.267 e. The molecular weight excluding hydrogens is 384 g/mol. The molecule has 0 aliphatic carbocycles. The first-order valence-electron chi connectivity index (χ1n) is 12.6. The normalized spacial score (nSPS) is 14.2. The van der Waals surface area contributed by atoms with E-state index in [4.69, 9.17) is 0 Å². The minimum atomic E-state index is -3.89. The number of aliphatic hydroxyl groups is 1. The van der Waals surface area contributed by atoms with Gasteiger partial charge in [0.05, 0.1) is 11.4 Å². The molecule has 0 aromatic heterocycles. The van der Waals surface area contributed by atoms with Gasteiger partial charge >= 0.3 is 0 Å². The van der Waals surface area contributed by atoms with Gasteiger partial charge in [-0.2, -0.15) is 8.42 Å². The summed E-state index contributed by atoms with van der Waals surface area (Å²) in [6, 6.07) is 0. The minimum Gasteiger partial charge on any atom is -0.393 e. The van der Waals surface area contributed by atoms with Gasteiger partial charge in [-0.25, -0.2) is 0 Å². The van der Waals surface area contributed by atoms with Crippen molar-refractivity contribution in [1.29, 1.82) is 0 Å². The first-order valence-corrected chi connectivity index (χ1v) is 14.1. The van der Waals surface area contributed by atoms with E-state index < -0.39 is 15.4 Å². The summed E-state index contributed by atoms with van der Waals surface area (Å²) in [6.07, 6.45) is 21.9. The van der Waals surface area contributed by atoms with Gasteiger partial charge < -0.3 is 5.11 Å². The molecule has 176 valence electrons. The van der Waals surface area contributed by atoms with Gasteiger partial charge in [-0.3, -0.25) is 4.55 Å². The SMILES string of the molecule is CCCCCCCCCCCCC(O)CCCCCCCC(CCC)S(=O)(=O)O. The maximum absolute atomic E-state index is 11.3.